The van der Waals surface area contributed by atoms with Crippen molar-refractivity contribution in [3.63, 3.8) is 0 Å². The van der Waals surface area contributed by atoms with E-state index in [0.717, 1.165) is 54.8 Å². The monoisotopic (exact) mass is 421 g/mol. The third-order valence-corrected chi connectivity index (χ3v) is 6.72. The predicted octanol–water partition coefficient (Wildman–Crippen LogP) is 2.23. The lowest BCUT2D eigenvalue weighted by Crippen LogP contribution is -2.49. The number of fused-ring (bicyclic) bond motifs is 1. The summed E-state index contributed by atoms with van der Waals surface area (Å²) in [6.07, 6.45) is 7.20. The van der Waals surface area contributed by atoms with Gasteiger partial charge in [-0.3, -0.25) is 14.5 Å². The van der Waals surface area contributed by atoms with Crippen molar-refractivity contribution in [1.29, 1.82) is 0 Å². The van der Waals surface area contributed by atoms with E-state index in [1.807, 2.05) is 35.0 Å². The second kappa shape index (κ2) is 7.83. The summed E-state index contributed by atoms with van der Waals surface area (Å²) in [5, 5.41) is 10.5. The van der Waals surface area contributed by atoms with Crippen LogP contribution >= 0.6 is 0 Å². The fraction of sp³-hybridized carbons (Fsp3) is 0.478. The Bertz CT molecular complexity index is 1020. The number of hydrogen-bond acceptors (Lipinski definition) is 4. The Labute approximate surface area is 181 Å². The molecule has 1 aliphatic heterocycles. The molecule has 4 amide bonds. The molecule has 1 saturated carbocycles. The largest absolute Gasteiger partial charge is 0.349 e. The number of para-hydroxylation sites is 1. The zero-order chi connectivity index (χ0) is 21.4. The summed E-state index contributed by atoms with van der Waals surface area (Å²) >= 11 is 0. The molecule has 2 aliphatic carbocycles. The molecule has 2 fully saturated rings. The summed E-state index contributed by atoms with van der Waals surface area (Å²) < 4.78 is 1.97. The predicted molar refractivity (Wildman–Crippen MR) is 113 cm³/mol. The van der Waals surface area contributed by atoms with Crippen LogP contribution in [0.15, 0.2) is 30.3 Å². The van der Waals surface area contributed by atoms with Gasteiger partial charge in [0.2, 0.25) is 5.91 Å². The first kappa shape index (κ1) is 19.8. The molecule has 1 aromatic carbocycles. The molecule has 0 atom stereocenters. The number of benzene rings is 1. The Morgan fingerprint density at radius 3 is 2.61 bits per heavy atom. The Balaban J connectivity index is 1.26. The highest BCUT2D eigenvalue weighted by molar-refractivity contribution is 6.09. The highest BCUT2D eigenvalue weighted by atomic mass is 16.2. The summed E-state index contributed by atoms with van der Waals surface area (Å²) in [7, 11) is 0. The number of carbonyl (C=O) groups excluding carboxylic acids is 3. The minimum absolute atomic E-state index is 0.256. The van der Waals surface area contributed by atoms with Gasteiger partial charge in [-0.05, 0) is 49.8 Å². The Morgan fingerprint density at radius 1 is 1.06 bits per heavy atom. The van der Waals surface area contributed by atoms with Gasteiger partial charge >= 0.3 is 6.03 Å². The molecule has 2 heterocycles. The average molecular weight is 422 g/mol. The van der Waals surface area contributed by atoms with Crippen LogP contribution in [0.2, 0.25) is 0 Å². The normalized spacial score (nSPS) is 19.5. The van der Waals surface area contributed by atoms with E-state index < -0.39 is 11.6 Å². The number of nitrogens with zero attached hydrogens (tertiary/aromatic N) is 3. The molecule has 2 aromatic rings. The number of amides is 4. The molecule has 0 radical (unpaired) electrons. The van der Waals surface area contributed by atoms with Crippen LogP contribution in [0.5, 0.6) is 0 Å². The lowest BCUT2D eigenvalue weighted by molar-refractivity contribution is -0.135. The van der Waals surface area contributed by atoms with Crippen molar-refractivity contribution in [3.8, 4) is 5.69 Å². The number of aromatic nitrogens is 2. The molecule has 8 nitrogen and oxygen atoms in total. The summed E-state index contributed by atoms with van der Waals surface area (Å²) in [4.78, 5) is 38.9. The minimum Gasteiger partial charge on any atom is -0.349 e. The maximum atomic E-state index is 12.9. The molecular formula is C23H27N5O3. The number of urea groups is 1. The summed E-state index contributed by atoms with van der Waals surface area (Å²) in [5.41, 5.74) is 3.45. The molecule has 1 spiro atoms. The molecule has 1 aromatic heterocycles. The Hall–Kier alpha value is -3.16. The minimum atomic E-state index is -0.801. The molecule has 3 aliphatic rings. The molecule has 0 unspecified atom stereocenters. The van der Waals surface area contributed by atoms with Crippen molar-refractivity contribution in [1.82, 2.24) is 25.3 Å². The molecule has 2 N–H and O–H groups in total. The van der Waals surface area contributed by atoms with Gasteiger partial charge in [-0.2, -0.15) is 5.10 Å². The topological polar surface area (TPSA) is 96.3 Å². The van der Waals surface area contributed by atoms with Gasteiger partial charge in [0, 0.05) is 5.69 Å². The van der Waals surface area contributed by atoms with E-state index in [1.165, 1.54) is 11.3 Å². The molecular weight excluding hydrogens is 394 g/mol. The van der Waals surface area contributed by atoms with Gasteiger partial charge in [0.1, 0.15) is 12.1 Å². The van der Waals surface area contributed by atoms with Crippen molar-refractivity contribution in [2.75, 3.05) is 6.54 Å². The smallest absolute Gasteiger partial charge is 0.325 e. The van der Waals surface area contributed by atoms with E-state index in [4.69, 9.17) is 5.10 Å². The molecule has 162 valence electrons. The molecule has 1 saturated heterocycles. The average Bonchev–Trinajstić information content (AvgIpc) is 3.45. The van der Waals surface area contributed by atoms with Crippen LogP contribution in [0.4, 0.5) is 4.79 Å². The first-order valence-electron chi connectivity index (χ1n) is 11.1. The standard InChI is InChI=1S/C23H27N5O3/c29-20(15-27-21(30)23(25-22(27)31)12-5-2-6-13-23)24-14-18-17-10-7-11-19(17)28(26-18)16-8-3-1-4-9-16/h1,3-4,8-9H,2,5-7,10-15H2,(H,24,29)(H,25,31). The van der Waals surface area contributed by atoms with Crippen molar-refractivity contribution >= 4 is 17.8 Å². The second-order valence-corrected chi connectivity index (χ2v) is 8.71. The van der Waals surface area contributed by atoms with Crippen LogP contribution in [0.3, 0.4) is 0 Å². The maximum Gasteiger partial charge on any atom is 0.325 e. The fourth-order valence-corrected chi connectivity index (χ4v) is 5.13. The lowest BCUT2D eigenvalue weighted by Gasteiger charge is -2.30. The van der Waals surface area contributed by atoms with E-state index in [2.05, 4.69) is 10.6 Å². The van der Waals surface area contributed by atoms with Crippen molar-refractivity contribution in [2.24, 2.45) is 0 Å². The van der Waals surface area contributed by atoms with Gasteiger partial charge in [0.25, 0.3) is 5.91 Å². The Kier molecular flexibility index (Phi) is 5.00. The lowest BCUT2D eigenvalue weighted by atomic mass is 9.82. The third-order valence-electron chi connectivity index (χ3n) is 6.72. The van der Waals surface area contributed by atoms with Crippen LogP contribution < -0.4 is 10.6 Å². The van der Waals surface area contributed by atoms with Crippen LogP contribution in [-0.2, 0) is 29.0 Å². The van der Waals surface area contributed by atoms with Crippen LogP contribution in [0.25, 0.3) is 5.69 Å². The van der Waals surface area contributed by atoms with Crippen LogP contribution in [-0.4, -0.2) is 44.6 Å². The summed E-state index contributed by atoms with van der Waals surface area (Å²) in [6.45, 7) is 0.0315. The van der Waals surface area contributed by atoms with E-state index in [0.29, 0.717) is 12.8 Å². The second-order valence-electron chi connectivity index (χ2n) is 8.71. The highest BCUT2D eigenvalue weighted by Crippen LogP contribution is 2.33. The zero-order valence-electron chi connectivity index (χ0n) is 17.5. The molecule has 31 heavy (non-hydrogen) atoms. The number of rotatable bonds is 5. The number of hydrogen-bond donors (Lipinski definition) is 2. The van der Waals surface area contributed by atoms with Crippen LogP contribution in [0.1, 0.15) is 55.5 Å². The highest BCUT2D eigenvalue weighted by Gasteiger charge is 2.51. The quantitative estimate of drug-likeness (QED) is 0.724. The SMILES string of the molecule is O=C(CN1C(=O)NC2(CCCCC2)C1=O)NCc1nn(-c2ccccc2)c2c1CCC2. The van der Waals surface area contributed by atoms with Gasteiger partial charge < -0.3 is 10.6 Å². The molecule has 5 rings (SSSR count). The Morgan fingerprint density at radius 2 is 1.84 bits per heavy atom. The van der Waals surface area contributed by atoms with Gasteiger partial charge in [-0.25, -0.2) is 9.48 Å². The third kappa shape index (κ3) is 3.49. The van der Waals surface area contributed by atoms with Crippen molar-refractivity contribution < 1.29 is 14.4 Å². The number of imide groups is 1. The van der Waals surface area contributed by atoms with Gasteiger partial charge in [0.05, 0.1) is 17.9 Å². The maximum absolute atomic E-state index is 12.9. The summed E-state index contributed by atoms with van der Waals surface area (Å²) in [6, 6.07) is 9.52. The van der Waals surface area contributed by atoms with Crippen LogP contribution in [0, 0.1) is 0 Å². The van der Waals surface area contributed by atoms with E-state index >= 15 is 0 Å². The fourth-order valence-electron chi connectivity index (χ4n) is 5.13. The number of nitrogens with one attached hydrogen (secondary N) is 2. The van der Waals surface area contributed by atoms with Crippen molar-refractivity contribution in [3.05, 3.63) is 47.3 Å². The first-order valence-corrected chi connectivity index (χ1v) is 11.1. The van der Waals surface area contributed by atoms with E-state index in [9.17, 15) is 14.4 Å². The molecule has 0 bridgehead atoms. The molecule has 8 heteroatoms. The van der Waals surface area contributed by atoms with Gasteiger partial charge in [-0.1, -0.05) is 37.5 Å². The number of carbonyl (C=O) groups is 3. The van der Waals surface area contributed by atoms with E-state index in [1.54, 1.807) is 0 Å². The van der Waals surface area contributed by atoms with Gasteiger partial charge in [0.15, 0.2) is 0 Å². The van der Waals surface area contributed by atoms with Crippen molar-refractivity contribution in [2.45, 2.75) is 63.5 Å². The summed E-state index contributed by atoms with van der Waals surface area (Å²) in [5.74, 6) is -0.612. The van der Waals surface area contributed by atoms with Gasteiger partial charge in [-0.15, -0.1) is 0 Å². The zero-order valence-corrected chi connectivity index (χ0v) is 17.5. The van der Waals surface area contributed by atoms with E-state index in [-0.39, 0.29) is 24.9 Å². The first-order chi connectivity index (χ1) is 15.1.